The van der Waals surface area contributed by atoms with Crippen LogP contribution in [0.2, 0.25) is 0 Å². The number of aryl methyl sites for hydroxylation is 1. The number of aromatic nitrogens is 3. The van der Waals surface area contributed by atoms with E-state index in [1.54, 1.807) is 26.1 Å². The minimum Gasteiger partial charge on any atom is -0.423 e. The molecule has 6 rings (SSSR count). The first-order valence-corrected chi connectivity index (χ1v) is 11.4. The first-order chi connectivity index (χ1) is 16.4. The van der Waals surface area contributed by atoms with Crippen molar-refractivity contribution in [3.63, 3.8) is 0 Å². The summed E-state index contributed by atoms with van der Waals surface area (Å²) in [5.74, 6) is 0.874. The van der Waals surface area contributed by atoms with Crippen molar-refractivity contribution in [3.05, 3.63) is 52.7 Å². The molecule has 9 heteroatoms. The molecule has 0 amide bonds. The van der Waals surface area contributed by atoms with Crippen LogP contribution in [0.25, 0.3) is 11.1 Å². The first kappa shape index (κ1) is 20.8. The molecule has 3 heterocycles. The number of nitrogens with one attached hydrogen (secondary N) is 1. The molecular weight excluding hydrogens is 433 g/mol. The molecule has 2 aliphatic carbocycles. The average Bonchev–Trinajstić information content (AvgIpc) is 3.40. The molecule has 1 saturated carbocycles. The van der Waals surface area contributed by atoms with Crippen LogP contribution >= 0.6 is 0 Å². The van der Waals surface area contributed by atoms with Crippen molar-refractivity contribution >= 4 is 11.5 Å². The first-order valence-electron chi connectivity index (χ1n) is 11.4. The van der Waals surface area contributed by atoms with E-state index in [-0.39, 0.29) is 23.3 Å². The number of fused-ring (bicyclic) bond motifs is 3. The van der Waals surface area contributed by atoms with Crippen LogP contribution in [0.3, 0.4) is 0 Å². The van der Waals surface area contributed by atoms with Gasteiger partial charge >= 0.3 is 6.01 Å². The van der Waals surface area contributed by atoms with Crippen LogP contribution < -0.4 is 20.7 Å². The van der Waals surface area contributed by atoms with Gasteiger partial charge in [-0.25, -0.2) is 9.37 Å². The van der Waals surface area contributed by atoms with E-state index in [0.717, 1.165) is 53.3 Å². The third-order valence-corrected chi connectivity index (χ3v) is 7.31. The number of nitrogens with zero attached hydrogens (tertiary/aromatic N) is 5. The minimum atomic E-state index is -0.307. The molecule has 1 spiro atoms. The molecular formula is C25H24FN7O. The number of benzene rings is 1. The highest BCUT2D eigenvalue weighted by Gasteiger charge is 2.54. The zero-order valence-electron chi connectivity index (χ0n) is 19.0. The molecule has 8 nitrogen and oxygen atoms in total. The van der Waals surface area contributed by atoms with Gasteiger partial charge in [-0.05, 0) is 54.7 Å². The summed E-state index contributed by atoms with van der Waals surface area (Å²) in [5, 5.41) is 12.3. The Hall–Kier alpha value is -3.77. The van der Waals surface area contributed by atoms with Gasteiger partial charge in [0.1, 0.15) is 29.1 Å². The number of hydrogen-bond donors (Lipinski definition) is 2. The van der Waals surface area contributed by atoms with Crippen molar-refractivity contribution in [1.29, 1.82) is 5.26 Å². The fourth-order valence-corrected chi connectivity index (χ4v) is 5.26. The molecule has 0 bridgehead atoms. The Morgan fingerprint density at radius 3 is 2.79 bits per heavy atom. The van der Waals surface area contributed by atoms with E-state index in [4.69, 9.17) is 25.7 Å². The van der Waals surface area contributed by atoms with Gasteiger partial charge in [-0.1, -0.05) is 0 Å². The molecule has 3 N–H and O–H groups in total. The second kappa shape index (κ2) is 7.37. The summed E-state index contributed by atoms with van der Waals surface area (Å²) in [4.78, 5) is 15.9. The third-order valence-electron chi connectivity index (χ3n) is 7.31. The van der Waals surface area contributed by atoms with Gasteiger partial charge in [0.05, 0.1) is 11.9 Å². The topological polar surface area (TPSA) is 113 Å². The monoisotopic (exact) mass is 457 g/mol. The lowest BCUT2D eigenvalue weighted by molar-refractivity contribution is 0.438. The highest BCUT2D eigenvalue weighted by atomic mass is 19.1. The van der Waals surface area contributed by atoms with Crippen LogP contribution in [-0.4, -0.2) is 41.1 Å². The number of ether oxygens (including phenoxy) is 1. The fourth-order valence-electron chi connectivity index (χ4n) is 5.26. The lowest BCUT2D eigenvalue weighted by Crippen LogP contribution is -2.30. The highest BCUT2D eigenvalue weighted by molar-refractivity contribution is 5.88. The van der Waals surface area contributed by atoms with Crippen LogP contribution in [0, 0.1) is 29.5 Å². The number of hydrogen-bond acceptors (Lipinski definition) is 8. The molecule has 3 aromatic rings. The highest BCUT2D eigenvalue weighted by Crippen LogP contribution is 2.54. The van der Waals surface area contributed by atoms with Crippen molar-refractivity contribution in [2.24, 2.45) is 11.1 Å². The van der Waals surface area contributed by atoms with Gasteiger partial charge in [-0.3, -0.25) is 0 Å². The van der Waals surface area contributed by atoms with E-state index in [9.17, 15) is 4.39 Å². The van der Waals surface area contributed by atoms with Crippen LogP contribution in [-0.2, 0) is 6.42 Å². The number of nitrogens with two attached hydrogens (primary N) is 1. The summed E-state index contributed by atoms with van der Waals surface area (Å²) in [6.07, 6.45) is 4.28. The van der Waals surface area contributed by atoms with E-state index in [2.05, 4.69) is 21.3 Å². The number of nitriles is 1. The van der Waals surface area contributed by atoms with E-state index in [1.165, 1.54) is 12.3 Å². The molecule has 3 aliphatic rings. The fraction of sp³-hybridized carbons (Fsp3) is 0.360. The molecule has 1 atom stereocenters. The lowest BCUT2D eigenvalue weighted by atomic mass is 10.0. The quantitative estimate of drug-likeness (QED) is 0.479. The van der Waals surface area contributed by atoms with Crippen LogP contribution in [0.5, 0.6) is 11.8 Å². The normalized spacial score (nSPS) is 19.0. The van der Waals surface area contributed by atoms with Gasteiger partial charge in [0.15, 0.2) is 0 Å². The van der Waals surface area contributed by atoms with Crippen molar-refractivity contribution in [3.8, 4) is 29.0 Å². The van der Waals surface area contributed by atoms with Crippen molar-refractivity contribution in [2.75, 3.05) is 30.4 Å². The van der Waals surface area contributed by atoms with Crippen LogP contribution in [0.1, 0.15) is 35.4 Å². The predicted octanol–water partition coefficient (Wildman–Crippen LogP) is 3.52. The molecule has 172 valence electrons. The molecule has 2 aromatic heterocycles. The standard InChI is InChI=1S/C25H24FN7O/c1-13-5-15(10-30-20(13)9-27)34-24-31-19-8-16-17(6-14(26)7-18(16)29-2)22(19)23(32-24)33-11-21(28)25(12-33)3-4-25/h5-7,10,21,29H,3-4,8,11-12,28H2,1-2H3/t21-/m0/s1. The van der Waals surface area contributed by atoms with E-state index >= 15 is 0 Å². The van der Waals surface area contributed by atoms with Gasteiger partial charge < -0.3 is 20.7 Å². The Bertz CT molecular complexity index is 1380. The SMILES string of the molecule is CNc1cc(F)cc2c1Cc1nc(Oc3cnc(C#N)c(C)c3)nc(N3C[C@H](N)C4(CC4)C3)c1-2. The van der Waals surface area contributed by atoms with Gasteiger partial charge in [0.25, 0.3) is 0 Å². The molecule has 1 aliphatic heterocycles. The summed E-state index contributed by atoms with van der Waals surface area (Å²) < 4.78 is 20.5. The third kappa shape index (κ3) is 3.17. The Balaban J connectivity index is 1.46. The maximum absolute atomic E-state index is 14.5. The van der Waals surface area contributed by atoms with Gasteiger partial charge in [0.2, 0.25) is 0 Å². The molecule has 0 radical (unpaired) electrons. The van der Waals surface area contributed by atoms with E-state index in [1.807, 2.05) is 0 Å². The zero-order chi connectivity index (χ0) is 23.6. The second-order valence-corrected chi connectivity index (χ2v) is 9.46. The Labute approximate surface area is 196 Å². The molecule has 0 unspecified atom stereocenters. The number of rotatable bonds is 4. The Morgan fingerprint density at radius 2 is 2.12 bits per heavy atom. The number of anilines is 2. The largest absolute Gasteiger partial charge is 0.423 e. The maximum atomic E-state index is 14.5. The average molecular weight is 458 g/mol. The molecule has 1 aromatic carbocycles. The van der Waals surface area contributed by atoms with Crippen LogP contribution in [0.4, 0.5) is 15.9 Å². The van der Waals surface area contributed by atoms with Crippen LogP contribution in [0.15, 0.2) is 24.4 Å². The number of pyridine rings is 1. The van der Waals surface area contributed by atoms with Gasteiger partial charge in [-0.15, -0.1) is 0 Å². The predicted molar refractivity (Wildman–Crippen MR) is 125 cm³/mol. The Morgan fingerprint density at radius 1 is 1.29 bits per heavy atom. The smallest absolute Gasteiger partial charge is 0.324 e. The summed E-state index contributed by atoms with van der Waals surface area (Å²) in [7, 11) is 1.79. The van der Waals surface area contributed by atoms with E-state index in [0.29, 0.717) is 30.0 Å². The molecule has 1 saturated heterocycles. The van der Waals surface area contributed by atoms with Gasteiger partial charge in [-0.2, -0.15) is 15.2 Å². The van der Waals surface area contributed by atoms with E-state index < -0.39 is 0 Å². The molecule has 2 fully saturated rings. The summed E-state index contributed by atoms with van der Waals surface area (Å²) in [6.45, 7) is 3.31. The summed E-state index contributed by atoms with van der Waals surface area (Å²) >= 11 is 0. The summed E-state index contributed by atoms with van der Waals surface area (Å²) in [6, 6.07) is 7.15. The zero-order valence-corrected chi connectivity index (χ0v) is 19.0. The minimum absolute atomic E-state index is 0.0779. The number of halogens is 1. The molecule has 34 heavy (non-hydrogen) atoms. The van der Waals surface area contributed by atoms with Crippen molar-refractivity contribution in [2.45, 2.75) is 32.2 Å². The maximum Gasteiger partial charge on any atom is 0.324 e. The second-order valence-electron chi connectivity index (χ2n) is 9.46. The van der Waals surface area contributed by atoms with Crippen molar-refractivity contribution in [1.82, 2.24) is 15.0 Å². The summed E-state index contributed by atoms with van der Waals surface area (Å²) in [5.41, 5.74) is 11.9. The van der Waals surface area contributed by atoms with Gasteiger partial charge in [0, 0.05) is 49.3 Å². The Kier molecular flexibility index (Phi) is 4.51. The van der Waals surface area contributed by atoms with Crippen molar-refractivity contribution < 1.29 is 9.13 Å². The lowest BCUT2D eigenvalue weighted by Gasteiger charge is -2.21.